The zero-order chi connectivity index (χ0) is 22.8. The van der Waals surface area contributed by atoms with Crippen LogP contribution in [0.5, 0.6) is 0 Å². The van der Waals surface area contributed by atoms with E-state index in [1.807, 2.05) is 36.5 Å². The molecule has 0 aliphatic rings. The molecule has 1 amide bonds. The lowest BCUT2D eigenvalue weighted by Crippen LogP contribution is -2.23. The molecule has 0 spiro atoms. The Balaban J connectivity index is 1.44. The highest BCUT2D eigenvalue weighted by atomic mass is 16.4. The van der Waals surface area contributed by atoms with Crippen LogP contribution in [-0.4, -0.2) is 41.1 Å². The maximum absolute atomic E-state index is 13.0. The van der Waals surface area contributed by atoms with Crippen molar-refractivity contribution in [3.8, 4) is 17.1 Å². The number of amides is 1. The number of rotatable bonds is 6. The Labute approximate surface area is 188 Å². The molecule has 0 bridgehead atoms. The van der Waals surface area contributed by atoms with E-state index in [2.05, 4.69) is 20.4 Å². The number of carboxylic acid groups (broad SMARTS) is 1. The summed E-state index contributed by atoms with van der Waals surface area (Å²) in [6.45, 7) is 0.256. The molecule has 0 radical (unpaired) electrons. The molecule has 0 aliphatic heterocycles. The molecule has 5 rings (SSSR count). The van der Waals surface area contributed by atoms with Crippen LogP contribution in [0.25, 0.3) is 22.7 Å². The first-order chi connectivity index (χ1) is 16.1. The lowest BCUT2D eigenvalue weighted by molar-refractivity contribution is 0.0689. The van der Waals surface area contributed by atoms with Gasteiger partial charge in [-0.05, 0) is 36.4 Å². The van der Waals surface area contributed by atoms with Crippen molar-refractivity contribution in [2.45, 2.75) is 6.54 Å². The monoisotopic (exact) mass is 438 g/mol. The second-order valence-electron chi connectivity index (χ2n) is 7.26. The Morgan fingerprint density at radius 2 is 1.82 bits per heavy atom. The molecule has 0 atom stereocenters. The second-order valence-corrected chi connectivity index (χ2v) is 7.26. The zero-order valence-electron chi connectivity index (χ0n) is 17.3. The summed E-state index contributed by atoms with van der Waals surface area (Å²) < 4.78 is 3.13. The summed E-state index contributed by atoms with van der Waals surface area (Å²) in [5.74, 6) is -1.53. The van der Waals surface area contributed by atoms with E-state index in [1.165, 1.54) is 4.40 Å². The third-order valence-corrected chi connectivity index (χ3v) is 5.11. The Kier molecular flexibility index (Phi) is 5.12. The zero-order valence-corrected chi connectivity index (χ0v) is 17.3. The van der Waals surface area contributed by atoms with Crippen LogP contribution in [0.4, 0.5) is 0 Å². The quantitative estimate of drug-likeness (QED) is 0.421. The van der Waals surface area contributed by atoms with Crippen molar-refractivity contribution in [2.24, 2.45) is 0 Å². The molecule has 0 saturated carbocycles. The molecule has 1 aromatic carbocycles. The molecule has 9 nitrogen and oxygen atoms in total. The van der Waals surface area contributed by atoms with Gasteiger partial charge in [-0.1, -0.05) is 24.3 Å². The summed E-state index contributed by atoms with van der Waals surface area (Å²) >= 11 is 0. The van der Waals surface area contributed by atoms with E-state index >= 15 is 0 Å². The van der Waals surface area contributed by atoms with E-state index in [0.29, 0.717) is 5.69 Å². The van der Waals surface area contributed by atoms with Crippen LogP contribution in [-0.2, 0) is 6.54 Å². The Bertz CT molecular complexity index is 1460. The minimum absolute atomic E-state index is 0.0533. The average molecular weight is 438 g/mol. The third-order valence-electron chi connectivity index (χ3n) is 5.11. The number of pyridine rings is 2. The fourth-order valence-electron chi connectivity index (χ4n) is 3.58. The Morgan fingerprint density at radius 1 is 1.00 bits per heavy atom. The number of hydrogen-bond donors (Lipinski definition) is 2. The van der Waals surface area contributed by atoms with E-state index in [0.717, 1.165) is 11.3 Å². The van der Waals surface area contributed by atoms with E-state index in [9.17, 15) is 14.7 Å². The fourth-order valence-corrected chi connectivity index (χ4v) is 3.58. The number of carbonyl (C=O) groups excluding carboxylic acids is 1. The van der Waals surface area contributed by atoms with Crippen molar-refractivity contribution in [3.63, 3.8) is 0 Å². The van der Waals surface area contributed by atoms with Gasteiger partial charge in [0.15, 0.2) is 11.3 Å². The molecule has 0 saturated heterocycles. The van der Waals surface area contributed by atoms with Gasteiger partial charge >= 0.3 is 5.97 Å². The maximum atomic E-state index is 13.0. The molecule has 0 aliphatic carbocycles. The molecule has 4 aromatic heterocycles. The predicted molar refractivity (Wildman–Crippen MR) is 120 cm³/mol. The summed E-state index contributed by atoms with van der Waals surface area (Å²) in [5.41, 5.74) is 2.81. The molecule has 5 aromatic rings. The first-order valence-corrected chi connectivity index (χ1v) is 10.1. The number of hydrogen-bond acceptors (Lipinski definition) is 5. The molecule has 4 heterocycles. The lowest BCUT2D eigenvalue weighted by Gasteiger charge is -2.05. The minimum atomic E-state index is -1.16. The highest BCUT2D eigenvalue weighted by Gasteiger charge is 2.23. The van der Waals surface area contributed by atoms with Gasteiger partial charge in [0.2, 0.25) is 0 Å². The van der Waals surface area contributed by atoms with Crippen molar-refractivity contribution in [1.29, 1.82) is 0 Å². The summed E-state index contributed by atoms with van der Waals surface area (Å²) in [5, 5.41) is 17.0. The molecule has 0 fully saturated rings. The normalized spacial score (nSPS) is 10.9. The van der Waals surface area contributed by atoms with Gasteiger partial charge < -0.3 is 10.4 Å². The number of aromatic carboxylic acids is 1. The van der Waals surface area contributed by atoms with Crippen LogP contribution in [0.1, 0.15) is 26.4 Å². The van der Waals surface area contributed by atoms with Crippen molar-refractivity contribution in [1.82, 2.24) is 29.5 Å². The molecular formula is C24H18N6O3. The highest BCUT2D eigenvalue weighted by Crippen LogP contribution is 2.24. The van der Waals surface area contributed by atoms with Crippen molar-refractivity contribution < 1.29 is 14.7 Å². The SMILES string of the molecule is O=C(NCc1cnn(-c2ccccc2)c1)c1cccn2c(C(=O)O)c(-c3ccccn3)nc12. The molecule has 0 unspecified atom stereocenters. The van der Waals surface area contributed by atoms with Gasteiger partial charge in [-0.25, -0.2) is 14.5 Å². The Hall–Kier alpha value is -4.79. The van der Waals surface area contributed by atoms with Gasteiger partial charge in [-0.3, -0.25) is 14.2 Å². The summed E-state index contributed by atoms with van der Waals surface area (Å²) in [6, 6.07) is 18.0. The number of para-hydroxylation sites is 1. The van der Waals surface area contributed by atoms with Gasteiger partial charge in [0.25, 0.3) is 5.91 Å². The van der Waals surface area contributed by atoms with Crippen LogP contribution in [0.3, 0.4) is 0 Å². The fraction of sp³-hybridized carbons (Fsp3) is 0.0417. The predicted octanol–water partition coefficient (Wildman–Crippen LogP) is 3.21. The largest absolute Gasteiger partial charge is 0.476 e. The summed E-state index contributed by atoms with van der Waals surface area (Å²) in [6.07, 6.45) is 6.66. The van der Waals surface area contributed by atoms with Gasteiger partial charge in [0, 0.05) is 30.7 Å². The van der Waals surface area contributed by atoms with Crippen molar-refractivity contribution in [3.05, 3.63) is 102 Å². The van der Waals surface area contributed by atoms with Crippen LogP contribution in [0, 0.1) is 0 Å². The number of imidazole rings is 1. The summed E-state index contributed by atoms with van der Waals surface area (Å²) in [7, 11) is 0. The number of fused-ring (bicyclic) bond motifs is 1. The van der Waals surface area contributed by atoms with E-state index in [1.54, 1.807) is 53.6 Å². The van der Waals surface area contributed by atoms with E-state index < -0.39 is 5.97 Å². The Morgan fingerprint density at radius 3 is 2.58 bits per heavy atom. The lowest BCUT2D eigenvalue weighted by atomic mass is 10.2. The van der Waals surface area contributed by atoms with Crippen LogP contribution < -0.4 is 5.32 Å². The molecule has 33 heavy (non-hydrogen) atoms. The number of carbonyl (C=O) groups is 2. The van der Waals surface area contributed by atoms with Gasteiger partial charge in [0.1, 0.15) is 5.69 Å². The van der Waals surface area contributed by atoms with Crippen LogP contribution in [0.15, 0.2) is 85.5 Å². The number of aromatic nitrogens is 5. The molecule has 162 valence electrons. The van der Waals surface area contributed by atoms with Crippen LogP contribution >= 0.6 is 0 Å². The van der Waals surface area contributed by atoms with Gasteiger partial charge in [-0.2, -0.15) is 5.10 Å². The van der Waals surface area contributed by atoms with Gasteiger partial charge in [0.05, 0.1) is 23.1 Å². The maximum Gasteiger partial charge on any atom is 0.355 e. The standard InChI is InChI=1S/C24H18N6O3/c31-23(26-13-16-14-27-30(15-16)17-7-2-1-3-8-17)18-9-6-12-29-21(24(32)33)20(28-22(18)29)19-10-4-5-11-25-19/h1-12,14-15H,13H2,(H,26,31)(H,32,33). The van der Waals surface area contributed by atoms with E-state index in [4.69, 9.17) is 0 Å². The highest BCUT2D eigenvalue weighted by molar-refractivity contribution is 6.02. The number of benzene rings is 1. The van der Waals surface area contributed by atoms with Crippen molar-refractivity contribution in [2.75, 3.05) is 0 Å². The third kappa shape index (κ3) is 3.83. The number of nitrogens with one attached hydrogen (secondary N) is 1. The average Bonchev–Trinajstić information content (AvgIpc) is 3.48. The van der Waals surface area contributed by atoms with E-state index in [-0.39, 0.29) is 35.1 Å². The first-order valence-electron chi connectivity index (χ1n) is 10.1. The molecule has 2 N–H and O–H groups in total. The molecule has 9 heteroatoms. The second kappa shape index (κ2) is 8.39. The first kappa shape index (κ1) is 20.1. The molecular weight excluding hydrogens is 420 g/mol. The minimum Gasteiger partial charge on any atom is -0.476 e. The number of carboxylic acids is 1. The van der Waals surface area contributed by atoms with Crippen molar-refractivity contribution >= 4 is 17.5 Å². The smallest absolute Gasteiger partial charge is 0.355 e. The number of nitrogens with zero attached hydrogens (tertiary/aromatic N) is 5. The van der Waals surface area contributed by atoms with Gasteiger partial charge in [-0.15, -0.1) is 0 Å². The summed E-state index contributed by atoms with van der Waals surface area (Å²) in [4.78, 5) is 33.6. The topological polar surface area (TPSA) is 114 Å². The van der Waals surface area contributed by atoms with Crippen LogP contribution in [0.2, 0.25) is 0 Å².